The molecule has 1 atom stereocenters. The van der Waals surface area contributed by atoms with Gasteiger partial charge in [-0.1, -0.05) is 13.8 Å². The zero-order chi connectivity index (χ0) is 31.5. The molecule has 0 amide bonds. The molecular formula is C32H37N9O4S. The van der Waals surface area contributed by atoms with Crippen molar-refractivity contribution in [1.82, 2.24) is 33.7 Å². The summed E-state index contributed by atoms with van der Waals surface area (Å²) in [5.74, 6) is 0.502. The van der Waals surface area contributed by atoms with Gasteiger partial charge in [-0.25, -0.2) is 15.0 Å². The summed E-state index contributed by atoms with van der Waals surface area (Å²) in [6, 6.07) is 5.57. The van der Waals surface area contributed by atoms with E-state index < -0.39 is 6.61 Å². The van der Waals surface area contributed by atoms with Crippen LogP contribution < -0.4 is 21.3 Å². The Labute approximate surface area is 272 Å². The van der Waals surface area contributed by atoms with Crippen LogP contribution in [0, 0.1) is 5.41 Å². The lowest BCUT2D eigenvalue weighted by atomic mass is 9.90. The van der Waals surface area contributed by atoms with Gasteiger partial charge in [0.1, 0.15) is 17.5 Å². The normalized spacial score (nSPS) is 17.2. The van der Waals surface area contributed by atoms with Gasteiger partial charge in [-0.3, -0.25) is 14.0 Å². The van der Waals surface area contributed by atoms with Crippen LogP contribution in [0.25, 0.3) is 22.5 Å². The van der Waals surface area contributed by atoms with E-state index in [0.29, 0.717) is 35.4 Å². The zero-order valence-electron chi connectivity index (χ0n) is 26.2. The maximum atomic E-state index is 13.7. The van der Waals surface area contributed by atoms with Crippen molar-refractivity contribution in [2.24, 2.45) is 12.5 Å². The average molecular weight is 644 g/mol. The third-order valence-corrected chi connectivity index (χ3v) is 8.71. The third-order valence-electron chi connectivity index (χ3n) is 8.71. The van der Waals surface area contributed by atoms with E-state index in [2.05, 4.69) is 51.0 Å². The molecule has 2 N–H and O–H groups in total. The molecule has 46 heavy (non-hydrogen) atoms. The Kier molecular flexibility index (Phi) is 8.21. The third kappa shape index (κ3) is 5.46. The molecule has 0 aromatic carbocycles. The number of aromatic nitrogens is 7. The summed E-state index contributed by atoms with van der Waals surface area (Å²) < 4.78 is 10.1. The Bertz CT molecular complexity index is 2050. The highest BCUT2D eigenvalue weighted by atomic mass is 32.1. The van der Waals surface area contributed by atoms with E-state index in [1.165, 1.54) is 9.25 Å². The lowest BCUT2D eigenvalue weighted by Gasteiger charge is -2.34. The van der Waals surface area contributed by atoms with Gasteiger partial charge >= 0.3 is 0 Å². The van der Waals surface area contributed by atoms with Gasteiger partial charge in [-0.05, 0) is 54.5 Å². The molecule has 5 aromatic heterocycles. The van der Waals surface area contributed by atoms with Crippen LogP contribution in [0.1, 0.15) is 37.6 Å². The van der Waals surface area contributed by atoms with Gasteiger partial charge in [0, 0.05) is 48.8 Å². The Morgan fingerprint density at radius 2 is 1.89 bits per heavy atom. The van der Waals surface area contributed by atoms with Gasteiger partial charge in [0.15, 0.2) is 5.82 Å². The lowest BCUT2D eigenvalue weighted by molar-refractivity contribution is 0.0989. The fourth-order valence-electron chi connectivity index (χ4n) is 6.52. The van der Waals surface area contributed by atoms with Crippen molar-refractivity contribution in [3.63, 3.8) is 0 Å². The minimum absolute atomic E-state index is 0. The number of aliphatic hydroxyl groups is 1. The van der Waals surface area contributed by atoms with Crippen LogP contribution in [-0.2, 0) is 31.2 Å². The van der Waals surface area contributed by atoms with Gasteiger partial charge in [0.25, 0.3) is 11.1 Å². The van der Waals surface area contributed by atoms with E-state index in [4.69, 9.17) is 4.74 Å². The van der Waals surface area contributed by atoms with Crippen LogP contribution in [0.2, 0.25) is 0 Å². The Hall–Kier alpha value is -4.53. The van der Waals surface area contributed by atoms with E-state index in [-0.39, 0.29) is 53.5 Å². The van der Waals surface area contributed by atoms with Crippen LogP contribution in [0.15, 0.2) is 58.9 Å². The number of fused-ring (bicyclic) bond motifs is 3. The number of rotatable bonds is 6. The van der Waals surface area contributed by atoms with E-state index in [9.17, 15) is 14.7 Å². The Morgan fingerprint density at radius 3 is 2.63 bits per heavy atom. The maximum absolute atomic E-state index is 13.7. The van der Waals surface area contributed by atoms with Gasteiger partial charge in [-0.15, -0.1) is 0 Å². The van der Waals surface area contributed by atoms with Crippen molar-refractivity contribution in [3.8, 4) is 16.9 Å². The summed E-state index contributed by atoms with van der Waals surface area (Å²) in [6.07, 6.45) is 10.1. The first-order valence-corrected chi connectivity index (χ1v) is 15.0. The topological polar surface area (TPSA) is 145 Å². The number of pyridine rings is 2. The van der Waals surface area contributed by atoms with E-state index >= 15 is 0 Å². The van der Waals surface area contributed by atoms with E-state index in [1.807, 2.05) is 10.5 Å². The van der Waals surface area contributed by atoms with Crippen LogP contribution in [-0.4, -0.2) is 64.6 Å². The quantitative estimate of drug-likeness (QED) is 0.283. The lowest BCUT2D eigenvalue weighted by Crippen LogP contribution is -2.43. The van der Waals surface area contributed by atoms with Crippen molar-refractivity contribution < 1.29 is 9.84 Å². The molecule has 240 valence electrons. The van der Waals surface area contributed by atoms with Crippen LogP contribution in [0.4, 0.5) is 17.3 Å². The van der Waals surface area contributed by atoms with Crippen LogP contribution >= 0.6 is 13.5 Å². The van der Waals surface area contributed by atoms with Crippen LogP contribution in [0.3, 0.4) is 0 Å². The summed E-state index contributed by atoms with van der Waals surface area (Å²) in [7, 11) is 1.65. The van der Waals surface area contributed by atoms with Crippen LogP contribution in [0.5, 0.6) is 0 Å². The summed E-state index contributed by atoms with van der Waals surface area (Å²) in [5.41, 5.74) is 5.09. The molecule has 1 fully saturated rings. The van der Waals surface area contributed by atoms with Crippen molar-refractivity contribution in [2.45, 2.75) is 46.3 Å². The second-order valence-corrected chi connectivity index (χ2v) is 12.6. The molecule has 0 radical (unpaired) electrons. The standard InChI is InChI=1S/C32H35N9O4.H2S/c1-19-17-45-8-7-39(19)22-13-34-31(35-14-22)37-25-9-21(15-38(4)29(25)43)23-5-6-33-28(24(23)16-42)41-30(44)26-10-20-11-32(2,3)12-27(20)40(26)18-36-41;/h5-6,9-10,13-15,18-19,42H,7-8,11-12,16-17H2,1-4H3,(H,34,35,37);1H2/t19-;/m0./s1. The summed E-state index contributed by atoms with van der Waals surface area (Å²) in [6.45, 7) is 8.15. The number of nitrogens with one attached hydrogen (secondary N) is 1. The Balaban J connectivity index is 0.00000372. The zero-order valence-corrected chi connectivity index (χ0v) is 27.2. The molecule has 1 saturated heterocycles. The molecule has 1 aliphatic carbocycles. The number of nitrogens with zero attached hydrogens (tertiary/aromatic N) is 8. The highest BCUT2D eigenvalue weighted by Gasteiger charge is 2.32. The molecule has 0 unspecified atom stereocenters. The summed E-state index contributed by atoms with van der Waals surface area (Å²) in [4.78, 5) is 42.4. The largest absolute Gasteiger partial charge is 0.392 e. The molecule has 0 saturated carbocycles. The smallest absolute Gasteiger partial charge is 0.297 e. The predicted molar refractivity (Wildman–Crippen MR) is 180 cm³/mol. The van der Waals surface area contributed by atoms with Crippen molar-refractivity contribution in [2.75, 3.05) is 30.0 Å². The van der Waals surface area contributed by atoms with E-state index in [0.717, 1.165) is 36.3 Å². The molecule has 5 aromatic rings. The number of ether oxygens (including phenoxy) is 1. The monoisotopic (exact) mass is 643 g/mol. The van der Waals surface area contributed by atoms with E-state index in [1.54, 1.807) is 50.3 Å². The molecule has 14 heteroatoms. The number of hydrogen-bond acceptors (Lipinski definition) is 10. The summed E-state index contributed by atoms with van der Waals surface area (Å²) in [5, 5.41) is 18.1. The molecule has 0 spiro atoms. The molecule has 7 rings (SSSR count). The van der Waals surface area contributed by atoms with Gasteiger partial charge in [0.05, 0.1) is 37.9 Å². The van der Waals surface area contributed by atoms with Gasteiger partial charge < -0.3 is 24.6 Å². The number of aliphatic hydroxyl groups excluding tert-OH is 1. The predicted octanol–water partition coefficient (Wildman–Crippen LogP) is 2.73. The first-order valence-electron chi connectivity index (χ1n) is 15.0. The second-order valence-electron chi connectivity index (χ2n) is 12.6. The van der Waals surface area contributed by atoms with Gasteiger partial charge in [0.2, 0.25) is 5.95 Å². The summed E-state index contributed by atoms with van der Waals surface area (Å²) >= 11 is 0. The van der Waals surface area contributed by atoms with Crippen molar-refractivity contribution in [3.05, 3.63) is 86.8 Å². The number of morpholine rings is 1. The van der Waals surface area contributed by atoms with Crippen molar-refractivity contribution in [1.29, 1.82) is 0 Å². The van der Waals surface area contributed by atoms with Gasteiger partial charge in [-0.2, -0.15) is 23.3 Å². The number of anilines is 3. The second kappa shape index (κ2) is 12.0. The first kappa shape index (κ1) is 31.5. The minimum atomic E-state index is -0.403. The molecule has 6 heterocycles. The molecule has 2 aliphatic rings. The number of hydrogen-bond donors (Lipinski definition) is 2. The number of aryl methyl sites for hydroxylation is 1. The highest BCUT2D eigenvalue weighted by Crippen LogP contribution is 2.37. The average Bonchev–Trinajstić information content (AvgIpc) is 3.52. The Morgan fingerprint density at radius 1 is 1.11 bits per heavy atom. The first-order chi connectivity index (χ1) is 21.6. The highest BCUT2D eigenvalue weighted by molar-refractivity contribution is 7.59. The molecular weight excluding hydrogens is 606 g/mol. The maximum Gasteiger partial charge on any atom is 0.297 e. The SMILES string of the molecule is C[C@H]1COCCN1c1cnc(Nc2cc(-c3ccnc(-n4ncn5c6c(cc5c4=O)CC(C)(C)C6)c3CO)cn(C)c2=O)nc1.S. The fourth-order valence-corrected chi connectivity index (χ4v) is 6.52. The molecule has 0 bridgehead atoms. The molecule has 13 nitrogen and oxygen atoms in total. The molecule has 1 aliphatic heterocycles. The fraction of sp³-hybridized carbons (Fsp3) is 0.375. The van der Waals surface area contributed by atoms with Crippen molar-refractivity contribution >= 4 is 36.3 Å². The minimum Gasteiger partial charge on any atom is -0.392 e.